The Morgan fingerprint density at radius 1 is 1.35 bits per heavy atom. The summed E-state index contributed by atoms with van der Waals surface area (Å²) >= 11 is 0. The fourth-order valence-corrected chi connectivity index (χ4v) is 3.49. The van der Waals surface area contributed by atoms with E-state index in [2.05, 4.69) is 10.0 Å². The van der Waals surface area contributed by atoms with Gasteiger partial charge in [0.2, 0.25) is 10.0 Å². The highest BCUT2D eigenvalue weighted by atomic mass is 32.2. The second kappa shape index (κ2) is 6.56. The molecule has 1 fully saturated rings. The van der Waals surface area contributed by atoms with Crippen molar-refractivity contribution >= 4 is 10.0 Å². The molecule has 0 bridgehead atoms. The lowest BCUT2D eigenvalue weighted by atomic mass is 9.94. The highest BCUT2D eigenvalue weighted by Crippen LogP contribution is 2.25. The summed E-state index contributed by atoms with van der Waals surface area (Å²) in [6.45, 7) is 3.41. The molecule has 2 N–H and O–H groups in total. The molecular weight excluding hydrogens is 276 g/mol. The molecule has 1 aromatic carbocycles. The van der Waals surface area contributed by atoms with Crippen LogP contribution in [0.1, 0.15) is 31.7 Å². The highest BCUT2D eigenvalue weighted by Gasteiger charge is 2.25. The molecule has 1 aromatic rings. The predicted molar refractivity (Wildman–Crippen MR) is 78.3 cm³/mol. The molecule has 0 amide bonds. The zero-order valence-corrected chi connectivity index (χ0v) is 12.8. The Morgan fingerprint density at radius 3 is 2.65 bits per heavy atom. The van der Waals surface area contributed by atoms with Crippen LogP contribution in [0, 0.1) is 0 Å². The van der Waals surface area contributed by atoms with Crippen LogP contribution in [0.2, 0.25) is 0 Å². The van der Waals surface area contributed by atoms with E-state index in [-0.39, 0.29) is 6.04 Å². The Kier molecular flexibility index (Phi) is 5.01. The quantitative estimate of drug-likeness (QED) is 0.803. The number of hydrogen-bond donors (Lipinski definition) is 2. The van der Waals surface area contributed by atoms with Gasteiger partial charge in [0.25, 0.3) is 0 Å². The van der Waals surface area contributed by atoms with Gasteiger partial charge in [0.05, 0.1) is 12.0 Å². The third-order valence-corrected chi connectivity index (χ3v) is 5.07. The first-order chi connectivity index (χ1) is 9.56. The number of sulfonamides is 1. The van der Waals surface area contributed by atoms with Gasteiger partial charge in [-0.1, -0.05) is 13.3 Å². The SMILES string of the molecule is CCNCc1cc(S(=O)(=O)NC2CCC2)ccc1OC. The lowest BCUT2D eigenvalue weighted by Crippen LogP contribution is -2.39. The average molecular weight is 298 g/mol. The van der Waals surface area contributed by atoms with Crippen molar-refractivity contribution in [3.8, 4) is 5.75 Å². The van der Waals surface area contributed by atoms with Gasteiger partial charge in [0, 0.05) is 18.2 Å². The van der Waals surface area contributed by atoms with Crippen molar-refractivity contribution in [1.29, 1.82) is 0 Å². The fraction of sp³-hybridized carbons (Fsp3) is 0.571. The average Bonchev–Trinajstić information content (AvgIpc) is 2.40. The van der Waals surface area contributed by atoms with Gasteiger partial charge in [-0.3, -0.25) is 0 Å². The van der Waals surface area contributed by atoms with Crippen molar-refractivity contribution < 1.29 is 13.2 Å². The maximum Gasteiger partial charge on any atom is 0.240 e. The van der Waals surface area contributed by atoms with E-state index < -0.39 is 10.0 Å². The molecule has 0 atom stereocenters. The monoisotopic (exact) mass is 298 g/mol. The van der Waals surface area contributed by atoms with Crippen molar-refractivity contribution in [2.24, 2.45) is 0 Å². The first-order valence-corrected chi connectivity index (χ1v) is 8.45. The van der Waals surface area contributed by atoms with Gasteiger partial charge >= 0.3 is 0 Å². The second-order valence-electron chi connectivity index (χ2n) is 5.00. The van der Waals surface area contributed by atoms with Crippen LogP contribution in [0.5, 0.6) is 5.75 Å². The summed E-state index contributed by atoms with van der Waals surface area (Å²) in [5.41, 5.74) is 0.853. The van der Waals surface area contributed by atoms with E-state index in [0.29, 0.717) is 17.2 Å². The molecule has 5 nitrogen and oxygen atoms in total. The smallest absolute Gasteiger partial charge is 0.240 e. The molecule has 0 heterocycles. The van der Waals surface area contributed by atoms with E-state index in [1.807, 2.05) is 6.92 Å². The maximum atomic E-state index is 12.3. The summed E-state index contributed by atoms with van der Waals surface area (Å²) in [5.74, 6) is 0.702. The van der Waals surface area contributed by atoms with Crippen molar-refractivity contribution in [1.82, 2.24) is 10.0 Å². The summed E-state index contributed by atoms with van der Waals surface area (Å²) in [6.07, 6.45) is 2.96. The van der Waals surface area contributed by atoms with Crippen molar-refractivity contribution in [2.75, 3.05) is 13.7 Å². The third kappa shape index (κ3) is 3.50. The van der Waals surface area contributed by atoms with Crippen molar-refractivity contribution in [2.45, 2.75) is 43.7 Å². The van der Waals surface area contributed by atoms with Crippen LogP contribution in [-0.2, 0) is 16.6 Å². The first kappa shape index (κ1) is 15.3. The molecule has 0 aromatic heterocycles. The van der Waals surface area contributed by atoms with E-state index in [1.54, 1.807) is 25.3 Å². The van der Waals surface area contributed by atoms with Crippen LogP contribution in [-0.4, -0.2) is 28.1 Å². The Labute approximate surface area is 120 Å². The van der Waals surface area contributed by atoms with Gasteiger partial charge in [0.15, 0.2) is 0 Å². The number of methoxy groups -OCH3 is 1. The molecular formula is C14H22N2O3S. The minimum Gasteiger partial charge on any atom is -0.496 e. The lowest BCUT2D eigenvalue weighted by molar-refractivity contribution is 0.383. The van der Waals surface area contributed by atoms with Gasteiger partial charge in [-0.05, 0) is 37.6 Å². The summed E-state index contributed by atoms with van der Waals surface area (Å²) in [5, 5.41) is 3.19. The standard InChI is InChI=1S/C14H22N2O3S/c1-3-15-10-11-9-13(7-8-14(11)19-2)20(17,18)16-12-5-4-6-12/h7-9,12,15-16H,3-6,10H2,1-2H3. The molecule has 1 aliphatic carbocycles. The first-order valence-electron chi connectivity index (χ1n) is 6.96. The zero-order valence-electron chi connectivity index (χ0n) is 12.0. The number of nitrogens with one attached hydrogen (secondary N) is 2. The van der Waals surface area contributed by atoms with E-state index >= 15 is 0 Å². The van der Waals surface area contributed by atoms with Gasteiger partial charge in [-0.15, -0.1) is 0 Å². The molecule has 0 unspecified atom stereocenters. The van der Waals surface area contributed by atoms with E-state index in [9.17, 15) is 8.42 Å². The molecule has 0 radical (unpaired) electrons. The van der Waals surface area contributed by atoms with Crippen LogP contribution >= 0.6 is 0 Å². The highest BCUT2D eigenvalue weighted by molar-refractivity contribution is 7.89. The third-order valence-electron chi connectivity index (χ3n) is 3.55. The van der Waals surface area contributed by atoms with Crippen LogP contribution in [0.25, 0.3) is 0 Å². The van der Waals surface area contributed by atoms with Crippen molar-refractivity contribution in [3.63, 3.8) is 0 Å². The van der Waals surface area contributed by atoms with Gasteiger partial charge in [-0.2, -0.15) is 0 Å². The number of benzene rings is 1. The second-order valence-corrected chi connectivity index (χ2v) is 6.72. The Hall–Kier alpha value is -1.11. The number of rotatable bonds is 7. The van der Waals surface area contributed by atoms with E-state index in [0.717, 1.165) is 31.4 Å². The predicted octanol–water partition coefficient (Wildman–Crippen LogP) is 1.64. The molecule has 2 rings (SSSR count). The van der Waals surface area contributed by atoms with Crippen LogP contribution in [0.3, 0.4) is 0 Å². The van der Waals surface area contributed by atoms with Crippen molar-refractivity contribution in [3.05, 3.63) is 23.8 Å². The topological polar surface area (TPSA) is 67.4 Å². The lowest BCUT2D eigenvalue weighted by Gasteiger charge is -2.26. The maximum absolute atomic E-state index is 12.3. The Bertz CT molecular complexity index is 554. The summed E-state index contributed by atoms with van der Waals surface area (Å²) in [4.78, 5) is 0.304. The molecule has 0 saturated heterocycles. The normalized spacial score (nSPS) is 15.9. The number of hydrogen-bond acceptors (Lipinski definition) is 4. The number of ether oxygens (including phenoxy) is 1. The van der Waals surface area contributed by atoms with Gasteiger partial charge in [0.1, 0.15) is 5.75 Å². The zero-order chi connectivity index (χ0) is 14.6. The minimum atomic E-state index is -3.43. The van der Waals surface area contributed by atoms with Crippen LogP contribution < -0.4 is 14.8 Å². The molecule has 0 aliphatic heterocycles. The van der Waals surface area contributed by atoms with E-state index in [1.165, 1.54) is 0 Å². The molecule has 20 heavy (non-hydrogen) atoms. The van der Waals surface area contributed by atoms with Crippen LogP contribution in [0.15, 0.2) is 23.1 Å². The van der Waals surface area contributed by atoms with E-state index in [4.69, 9.17) is 4.74 Å². The molecule has 0 spiro atoms. The Balaban J connectivity index is 2.22. The molecule has 112 valence electrons. The minimum absolute atomic E-state index is 0.0966. The fourth-order valence-electron chi connectivity index (χ4n) is 2.13. The van der Waals surface area contributed by atoms with Gasteiger partial charge in [-0.25, -0.2) is 13.1 Å². The Morgan fingerprint density at radius 2 is 2.10 bits per heavy atom. The molecule has 6 heteroatoms. The summed E-state index contributed by atoms with van der Waals surface area (Å²) < 4.78 is 32.6. The molecule has 1 aliphatic rings. The summed E-state index contributed by atoms with van der Waals surface area (Å²) in [7, 11) is -1.84. The van der Waals surface area contributed by atoms with Crippen LogP contribution in [0.4, 0.5) is 0 Å². The summed E-state index contributed by atoms with van der Waals surface area (Å²) in [6, 6.07) is 5.08. The largest absolute Gasteiger partial charge is 0.496 e. The van der Waals surface area contributed by atoms with Gasteiger partial charge < -0.3 is 10.1 Å². The molecule has 1 saturated carbocycles.